The van der Waals surface area contributed by atoms with Gasteiger partial charge in [0.15, 0.2) is 0 Å². The molecule has 0 bridgehead atoms. The zero-order chi connectivity index (χ0) is 11.5. The lowest BCUT2D eigenvalue weighted by atomic mass is 10.1. The van der Waals surface area contributed by atoms with Gasteiger partial charge in [0, 0.05) is 18.3 Å². The molecule has 0 spiro atoms. The number of halogens is 2. The molecule has 1 heterocycles. The molecule has 0 aliphatic carbocycles. The van der Waals surface area contributed by atoms with Crippen LogP contribution in [0.3, 0.4) is 0 Å². The number of hydrogen-bond donors (Lipinski definition) is 2. The molecule has 0 radical (unpaired) electrons. The predicted octanol–water partition coefficient (Wildman–Crippen LogP) is 2.86. The van der Waals surface area contributed by atoms with E-state index in [1.165, 1.54) is 12.1 Å². The Balaban J connectivity index is 2.17. The quantitative estimate of drug-likeness (QED) is 0.840. The summed E-state index contributed by atoms with van der Waals surface area (Å²) in [5.74, 6) is -1.15. The smallest absolute Gasteiger partial charge is 0.126 e. The fourth-order valence-corrected chi connectivity index (χ4v) is 1.49. The molecule has 1 aromatic carbocycles. The Morgan fingerprint density at radius 3 is 2.50 bits per heavy atom. The Kier molecular flexibility index (Phi) is 2.85. The van der Waals surface area contributed by atoms with Crippen LogP contribution in [0.4, 0.5) is 14.5 Å². The molecule has 0 saturated heterocycles. The Morgan fingerprint density at radius 2 is 1.94 bits per heavy atom. The van der Waals surface area contributed by atoms with E-state index in [1.54, 1.807) is 12.4 Å². The Morgan fingerprint density at radius 1 is 1.25 bits per heavy atom. The van der Waals surface area contributed by atoms with Crippen LogP contribution in [0.25, 0.3) is 0 Å². The number of rotatable bonds is 3. The summed E-state index contributed by atoms with van der Waals surface area (Å²) in [4.78, 5) is 0. The first-order valence-corrected chi connectivity index (χ1v) is 4.86. The van der Waals surface area contributed by atoms with Crippen molar-refractivity contribution in [1.82, 2.24) is 10.2 Å². The number of hydrogen-bond acceptors (Lipinski definition) is 2. The summed E-state index contributed by atoms with van der Waals surface area (Å²) >= 11 is 0. The monoisotopic (exact) mass is 223 g/mol. The van der Waals surface area contributed by atoms with Crippen LogP contribution in [0.5, 0.6) is 0 Å². The molecule has 1 atom stereocenters. The highest BCUT2D eigenvalue weighted by molar-refractivity contribution is 5.41. The van der Waals surface area contributed by atoms with Gasteiger partial charge in [-0.3, -0.25) is 5.10 Å². The normalized spacial score (nSPS) is 12.4. The Bertz CT molecular complexity index is 448. The van der Waals surface area contributed by atoms with Gasteiger partial charge >= 0.3 is 0 Å². The lowest BCUT2D eigenvalue weighted by molar-refractivity contribution is 0.577. The SMILES string of the molecule is CC(Nc1cn[nH]c1)c1cc(F)cc(F)c1. The van der Waals surface area contributed by atoms with E-state index in [9.17, 15) is 8.78 Å². The maximum atomic E-state index is 13.0. The minimum Gasteiger partial charge on any atom is -0.376 e. The molecular weight excluding hydrogens is 212 g/mol. The van der Waals surface area contributed by atoms with Gasteiger partial charge < -0.3 is 5.32 Å². The van der Waals surface area contributed by atoms with Gasteiger partial charge in [0.1, 0.15) is 11.6 Å². The maximum Gasteiger partial charge on any atom is 0.126 e. The van der Waals surface area contributed by atoms with E-state index in [2.05, 4.69) is 15.5 Å². The average Bonchev–Trinajstić information content (AvgIpc) is 2.68. The first-order chi connectivity index (χ1) is 7.65. The van der Waals surface area contributed by atoms with E-state index >= 15 is 0 Å². The van der Waals surface area contributed by atoms with Crippen LogP contribution in [-0.4, -0.2) is 10.2 Å². The molecule has 0 fully saturated rings. The number of H-pyrrole nitrogens is 1. The van der Waals surface area contributed by atoms with E-state index in [-0.39, 0.29) is 6.04 Å². The number of aromatic nitrogens is 2. The third-order valence-corrected chi connectivity index (χ3v) is 2.27. The molecule has 1 unspecified atom stereocenters. The summed E-state index contributed by atoms with van der Waals surface area (Å²) in [5, 5.41) is 9.48. The van der Waals surface area contributed by atoms with Crippen LogP contribution in [0.2, 0.25) is 0 Å². The first-order valence-electron chi connectivity index (χ1n) is 4.86. The fraction of sp³-hybridized carbons (Fsp3) is 0.182. The summed E-state index contributed by atoms with van der Waals surface area (Å²) in [6.45, 7) is 1.82. The molecular formula is C11H11F2N3. The van der Waals surface area contributed by atoms with E-state index in [0.717, 1.165) is 11.8 Å². The largest absolute Gasteiger partial charge is 0.376 e. The summed E-state index contributed by atoms with van der Waals surface area (Å²) in [6.07, 6.45) is 3.28. The highest BCUT2D eigenvalue weighted by Crippen LogP contribution is 2.20. The summed E-state index contributed by atoms with van der Waals surface area (Å²) in [5.41, 5.74) is 1.33. The van der Waals surface area contributed by atoms with Crippen LogP contribution in [0.1, 0.15) is 18.5 Å². The van der Waals surface area contributed by atoms with Crippen LogP contribution >= 0.6 is 0 Å². The molecule has 5 heteroatoms. The van der Waals surface area contributed by atoms with Crippen molar-refractivity contribution < 1.29 is 8.78 Å². The van der Waals surface area contributed by atoms with Gasteiger partial charge in [0.05, 0.1) is 11.9 Å². The third kappa shape index (κ3) is 2.36. The van der Waals surface area contributed by atoms with Crippen molar-refractivity contribution in [3.63, 3.8) is 0 Å². The first kappa shape index (κ1) is 10.6. The Hall–Kier alpha value is -1.91. The van der Waals surface area contributed by atoms with Crippen LogP contribution in [0.15, 0.2) is 30.6 Å². The Labute approximate surface area is 91.5 Å². The molecule has 2 N–H and O–H groups in total. The molecule has 16 heavy (non-hydrogen) atoms. The fourth-order valence-electron chi connectivity index (χ4n) is 1.49. The number of aromatic amines is 1. The third-order valence-electron chi connectivity index (χ3n) is 2.27. The molecule has 84 valence electrons. The van der Waals surface area contributed by atoms with E-state index < -0.39 is 11.6 Å². The second-order valence-electron chi connectivity index (χ2n) is 3.56. The highest BCUT2D eigenvalue weighted by atomic mass is 19.1. The number of anilines is 1. The summed E-state index contributed by atoms with van der Waals surface area (Å²) in [7, 11) is 0. The van der Waals surface area contributed by atoms with Gasteiger partial charge in [0.2, 0.25) is 0 Å². The maximum absolute atomic E-state index is 13.0. The second kappa shape index (κ2) is 4.30. The van der Waals surface area contributed by atoms with Crippen LogP contribution in [0, 0.1) is 11.6 Å². The number of nitrogens with zero attached hydrogens (tertiary/aromatic N) is 1. The summed E-state index contributed by atoms with van der Waals surface area (Å²) < 4.78 is 26.0. The molecule has 2 aromatic rings. The van der Waals surface area contributed by atoms with Gasteiger partial charge in [-0.05, 0) is 24.6 Å². The van der Waals surface area contributed by atoms with Gasteiger partial charge in [-0.2, -0.15) is 5.10 Å². The minimum atomic E-state index is -0.573. The number of nitrogens with one attached hydrogen (secondary N) is 2. The van der Waals surface area contributed by atoms with Crippen molar-refractivity contribution in [2.45, 2.75) is 13.0 Å². The standard InChI is InChI=1S/C11H11F2N3/c1-7(16-11-5-14-15-6-11)8-2-9(12)4-10(13)3-8/h2-7,16H,1H3,(H,14,15). The van der Waals surface area contributed by atoms with Gasteiger partial charge in [-0.1, -0.05) is 0 Å². The minimum absolute atomic E-state index is 0.192. The molecule has 0 aliphatic rings. The van der Waals surface area contributed by atoms with Crippen molar-refractivity contribution in [1.29, 1.82) is 0 Å². The van der Waals surface area contributed by atoms with Crippen molar-refractivity contribution in [3.8, 4) is 0 Å². The molecule has 0 aliphatic heterocycles. The molecule has 1 aromatic heterocycles. The van der Waals surface area contributed by atoms with E-state index in [0.29, 0.717) is 5.56 Å². The van der Waals surface area contributed by atoms with Crippen molar-refractivity contribution in [3.05, 3.63) is 47.8 Å². The lowest BCUT2D eigenvalue weighted by Crippen LogP contribution is -2.06. The van der Waals surface area contributed by atoms with E-state index in [4.69, 9.17) is 0 Å². The lowest BCUT2D eigenvalue weighted by Gasteiger charge is -2.14. The predicted molar refractivity (Wildman–Crippen MR) is 57.0 cm³/mol. The highest BCUT2D eigenvalue weighted by Gasteiger charge is 2.08. The van der Waals surface area contributed by atoms with Gasteiger partial charge in [-0.15, -0.1) is 0 Å². The molecule has 3 nitrogen and oxygen atoms in total. The average molecular weight is 223 g/mol. The van der Waals surface area contributed by atoms with E-state index in [1.807, 2.05) is 6.92 Å². The van der Waals surface area contributed by atoms with Crippen LogP contribution in [-0.2, 0) is 0 Å². The summed E-state index contributed by atoms with van der Waals surface area (Å²) in [6, 6.07) is 3.28. The number of benzene rings is 1. The second-order valence-corrected chi connectivity index (χ2v) is 3.56. The van der Waals surface area contributed by atoms with Crippen molar-refractivity contribution in [2.24, 2.45) is 0 Å². The molecule has 0 saturated carbocycles. The molecule has 0 amide bonds. The van der Waals surface area contributed by atoms with Crippen LogP contribution < -0.4 is 5.32 Å². The van der Waals surface area contributed by atoms with Gasteiger partial charge in [0.25, 0.3) is 0 Å². The zero-order valence-electron chi connectivity index (χ0n) is 8.67. The molecule has 2 rings (SSSR count). The van der Waals surface area contributed by atoms with Crippen molar-refractivity contribution >= 4 is 5.69 Å². The van der Waals surface area contributed by atoms with Gasteiger partial charge in [-0.25, -0.2) is 8.78 Å². The van der Waals surface area contributed by atoms with Crippen molar-refractivity contribution in [2.75, 3.05) is 5.32 Å². The topological polar surface area (TPSA) is 40.7 Å². The zero-order valence-corrected chi connectivity index (χ0v) is 8.67.